The maximum Gasteiger partial charge on any atom is 0.152 e. The van der Waals surface area contributed by atoms with Gasteiger partial charge in [-0.25, -0.2) is 4.98 Å². The lowest BCUT2D eigenvalue weighted by Crippen LogP contribution is -1.86. The molecule has 18 heavy (non-hydrogen) atoms. The number of benzene rings is 1. The first-order valence-electron chi connectivity index (χ1n) is 6.17. The molecule has 1 heterocycles. The summed E-state index contributed by atoms with van der Waals surface area (Å²) < 4.78 is 1.08. The maximum atomic E-state index is 6.07. The van der Waals surface area contributed by atoms with Crippen molar-refractivity contribution in [2.75, 3.05) is 11.5 Å². The fourth-order valence-corrected chi connectivity index (χ4v) is 3.78. The molecule has 0 saturated heterocycles. The van der Waals surface area contributed by atoms with Gasteiger partial charge in [0, 0.05) is 11.3 Å². The molecule has 1 aromatic carbocycles. The number of nitrogens with zero attached hydrogens (tertiary/aromatic N) is 1. The van der Waals surface area contributed by atoms with Gasteiger partial charge in [-0.3, -0.25) is 0 Å². The number of thiazole rings is 1. The molecule has 0 aliphatic heterocycles. The number of rotatable bonds is 5. The van der Waals surface area contributed by atoms with Crippen LogP contribution in [0, 0.1) is 6.92 Å². The molecule has 0 unspecified atom stereocenters. The fraction of sp³-hybridized carbons (Fsp3) is 0.357. The molecule has 2 N–H and O–H groups in total. The molecule has 2 rings (SSSR count). The number of hydrogen-bond acceptors (Lipinski definition) is 4. The third-order valence-corrected chi connectivity index (χ3v) is 4.76. The second kappa shape index (κ2) is 6.25. The van der Waals surface area contributed by atoms with Crippen molar-refractivity contribution < 1.29 is 0 Å². The molecule has 0 atom stereocenters. The summed E-state index contributed by atoms with van der Waals surface area (Å²) in [4.78, 5) is 4.65. The Bertz CT molecular complexity index is 520. The van der Waals surface area contributed by atoms with Gasteiger partial charge in [-0.05, 0) is 19.4 Å². The van der Waals surface area contributed by atoms with E-state index in [0.29, 0.717) is 0 Å². The molecule has 0 aliphatic carbocycles. The standard InChI is InChI=1S/C14H18N2S2/c1-3-4-8-17-14-16-12(13(15)18-14)11-7-5-6-10(2)9-11/h5-7,9H,3-4,8,15H2,1-2H3. The molecule has 1 aromatic heterocycles. The fourth-order valence-electron chi connectivity index (χ4n) is 1.68. The molecule has 0 aliphatic rings. The van der Waals surface area contributed by atoms with Crippen molar-refractivity contribution in [2.24, 2.45) is 0 Å². The van der Waals surface area contributed by atoms with Crippen LogP contribution in [0.25, 0.3) is 11.3 Å². The van der Waals surface area contributed by atoms with E-state index in [2.05, 4.69) is 37.0 Å². The summed E-state index contributed by atoms with van der Waals surface area (Å²) in [5.74, 6) is 1.12. The van der Waals surface area contributed by atoms with E-state index in [9.17, 15) is 0 Å². The number of thioether (sulfide) groups is 1. The minimum Gasteiger partial charge on any atom is -0.389 e. The van der Waals surface area contributed by atoms with Crippen LogP contribution in [0.1, 0.15) is 25.3 Å². The van der Waals surface area contributed by atoms with Crippen molar-refractivity contribution in [3.8, 4) is 11.3 Å². The summed E-state index contributed by atoms with van der Waals surface area (Å²) in [7, 11) is 0. The Kier molecular flexibility index (Phi) is 4.66. The number of anilines is 1. The number of aryl methyl sites for hydroxylation is 1. The highest BCUT2D eigenvalue weighted by molar-refractivity contribution is 8.01. The van der Waals surface area contributed by atoms with E-state index in [0.717, 1.165) is 26.4 Å². The Morgan fingerprint density at radius 2 is 2.22 bits per heavy atom. The minimum absolute atomic E-state index is 0.819. The van der Waals surface area contributed by atoms with E-state index in [1.54, 1.807) is 23.1 Å². The van der Waals surface area contributed by atoms with Crippen LogP contribution in [0.3, 0.4) is 0 Å². The molecular formula is C14H18N2S2. The SMILES string of the molecule is CCCCSc1nc(-c2cccc(C)c2)c(N)s1. The van der Waals surface area contributed by atoms with Gasteiger partial charge in [-0.2, -0.15) is 0 Å². The summed E-state index contributed by atoms with van der Waals surface area (Å²) in [5.41, 5.74) is 9.36. The lowest BCUT2D eigenvalue weighted by Gasteiger charge is -1.99. The van der Waals surface area contributed by atoms with Crippen LogP contribution in [0.15, 0.2) is 28.6 Å². The highest BCUT2D eigenvalue weighted by Crippen LogP contribution is 2.35. The van der Waals surface area contributed by atoms with Crippen LogP contribution in [0.5, 0.6) is 0 Å². The molecule has 4 heteroatoms. The van der Waals surface area contributed by atoms with Crippen molar-refractivity contribution in [2.45, 2.75) is 31.0 Å². The summed E-state index contributed by atoms with van der Waals surface area (Å²) in [6.45, 7) is 4.29. The number of aromatic nitrogens is 1. The lowest BCUT2D eigenvalue weighted by atomic mass is 10.1. The van der Waals surface area contributed by atoms with Gasteiger partial charge in [0.25, 0.3) is 0 Å². The van der Waals surface area contributed by atoms with E-state index >= 15 is 0 Å². The minimum atomic E-state index is 0.819. The predicted molar refractivity (Wildman–Crippen MR) is 82.3 cm³/mol. The number of nitrogens with two attached hydrogens (primary N) is 1. The van der Waals surface area contributed by atoms with Gasteiger partial charge in [-0.15, -0.1) is 0 Å². The molecule has 2 aromatic rings. The highest BCUT2D eigenvalue weighted by atomic mass is 32.2. The highest BCUT2D eigenvalue weighted by Gasteiger charge is 2.10. The van der Waals surface area contributed by atoms with E-state index in [1.807, 2.05) is 6.07 Å². The molecule has 0 bridgehead atoms. The van der Waals surface area contributed by atoms with Crippen molar-refractivity contribution >= 4 is 28.1 Å². The van der Waals surface area contributed by atoms with Crippen molar-refractivity contribution in [3.63, 3.8) is 0 Å². The zero-order valence-corrected chi connectivity index (χ0v) is 12.4. The maximum absolute atomic E-state index is 6.07. The third-order valence-electron chi connectivity index (χ3n) is 2.65. The van der Waals surface area contributed by atoms with Crippen LogP contribution in [0.4, 0.5) is 5.00 Å². The smallest absolute Gasteiger partial charge is 0.152 e. The van der Waals surface area contributed by atoms with Gasteiger partial charge in [0.05, 0.1) is 0 Å². The normalized spacial score (nSPS) is 10.8. The van der Waals surface area contributed by atoms with Crippen LogP contribution >= 0.6 is 23.1 Å². The van der Waals surface area contributed by atoms with E-state index in [4.69, 9.17) is 5.73 Å². The Morgan fingerprint density at radius 3 is 2.94 bits per heavy atom. The molecule has 0 amide bonds. The molecule has 0 radical (unpaired) electrons. The first-order chi connectivity index (χ1) is 8.70. The van der Waals surface area contributed by atoms with Crippen LogP contribution in [0.2, 0.25) is 0 Å². The summed E-state index contributed by atoms with van der Waals surface area (Å²) in [6, 6.07) is 8.33. The van der Waals surface area contributed by atoms with Gasteiger partial charge in [-0.1, -0.05) is 60.2 Å². The predicted octanol–water partition coefficient (Wildman–Crippen LogP) is 4.59. The Balaban J connectivity index is 2.18. The first kappa shape index (κ1) is 13.4. The van der Waals surface area contributed by atoms with Gasteiger partial charge < -0.3 is 5.73 Å². The zero-order chi connectivity index (χ0) is 13.0. The van der Waals surface area contributed by atoms with E-state index < -0.39 is 0 Å². The van der Waals surface area contributed by atoms with Crippen LogP contribution in [-0.2, 0) is 0 Å². The quantitative estimate of drug-likeness (QED) is 0.642. The van der Waals surface area contributed by atoms with Crippen molar-refractivity contribution in [1.29, 1.82) is 0 Å². The molecular weight excluding hydrogens is 260 g/mol. The Morgan fingerprint density at radius 1 is 1.39 bits per heavy atom. The lowest BCUT2D eigenvalue weighted by molar-refractivity contribution is 0.896. The zero-order valence-electron chi connectivity index (χ0n) is 10.8. The number of unbranched alkanes of at least 4 members (excludes halogenated alkanes) is 1. The second-order valence-corrected chi connectivity index (χ2v) is 6.64. The molecule has 0 spiro atoms. The monoisotopic (exact) mass is 278 g/mol. The van der Waals surface area contributed by atoms with Gasteiger partial charge in [0.1, 0.15) is 10.7 Å². The number of hydrogen-bond donors (Lipinski definition) is 1. The summed E-state index contributed by atoms with van der Waals surface area (Å²) in [5, 5.41) is 0.819. The average Bonchev–Trinajstić information content (AvgIpc) is 2.71. The van der Waals surface area contributed by atoms with Crippen molar-refractivity contribution in [1.82, 2.24) is 4.98 Å². The van der Waals surface area contributed by atoms with Gasteiger partial charge in [0.15, 0.2) is 4.34 Å². The van der Waals surface area contributed by atoms with Gasteiger partial charge >= 0.3 is 0 Å². The molecule has 2 nitrogen and oxygen atoms in total. The molecule has 96 valence electrons. The second-order valence-electron chi connectivity index (χ2n) is 4.26. The van der Waals surface area contributed by atoms with Crippen LogP contribution < -0.4 is 5.73 Å². The topological polar surface area (TPSA) is 38.9 Å². The Labute approximate surface area is 117 Å². The molecule has 0 saturated carbocycles. The average molecular weight is 278 g/mol. The summed E-state index contributed by atoms with van der Waals surface area (Å²) in [6.07, 6.45) is 2.45. The van der Waals surface area contributed by atoms with Crippen molar-refractivity contribution in [3.05, 3.63) is 29.8 Å². The Hall–Kier alpha value is -1.00. The number of nitrogen functional groups attached to an aromatic ring is 1. The first-order valence-corrected chi connectivity index (χ1v) is 7.97. The van der Waals surface area contributed by atoms with Gasteiger partial charge in [0.2, 0.25) is 0 Å². The third kappa shape index (κ3) is 3.27. The largest absolute Gasteiger partial charge is 0.389 e. The molecule has 0 fully saturated rings. The van der Waals surface area contributed by atoms with E-state index in [-0.39, 0.29) is 0 Å². The summed E-state index contributed by atoms with van der Waals surface area (Å²) >= 11 is 3.40. The van der Waals surface area contributed by atoms with Crippen LogP contribution in [-0.4, -0.2) is 10.7 Å². The van der Waals surface area contributed by atoms with E-state index in [1.165, 1.54) is 18.4 Å².